The normalized spacial score (nSPS) is 16.0. The summed E-state index contributed by atoms with van der Waals surface area (Å²) in [5.74, 6) is 0.0436. The minimum atomic E-state index is 0.0436. The van der Waals surface area contributed by atoms with Crippen molar-refractivity contribution in [3.63, 3.8) is 0 Å². The van der Waals surface area contributed by atoms with Crippen LogP contribution in [0.2, 0.25) is 0 Å². The van der Waals surface area contributed by atoms with Crippen LogP contribution >= 0.6 is 0 Å². The molecule has 2 aromatic heterocycles. The maximum Gasteiger partial charge on any atom is 0.224 e. The van der Waals surface area contributed by atoms with Crippen LogP contribution in [0, 0.1) is 20.8 Å². The van der Waals surface area contributed by atoms with Gasteiger partial charge in [0.2, 0.25) is 5.91 Å². The van der Waals surface area contributed by atoms with E-state index in [1.807, 2.05) is 19.2 Å². The van der Waals surface area contributed by atoms with Crippen molar-refractivity contribution in [1.82, 2.24) is 20.2 Å². The number of nitrogens with one attached hydrogen (secondary N) is 2. The molecule has 1 amide bonds. The van der Waals surface area contributed by atoms with Crippen LogP contribution in [0.3, 0.4) is 0 Å². The highest BCUT2D eigenvalue weighted by molar-refractivity contribution is 5.93. The fraction of sp³-hybridized carbons (Fsp3) is 0.417. The van der Waals surface area contributed by atoms with Crippen molar-refractivity contribution in [2.75, 3.05) is 32.8 Å². The largest absolute Gasteiger partial charge is 0.379 e. The average Bonchev–Trinajstić information content (AvgIpc) is 3.10. The monoisotopic (exact) mass is 406 g/mol. The second-order valence-corrected chi connectivity index (χ2v) is 8.11. The number of rotatable bonds is 6. The van der Waals surface area contributed by atoms with Gasteiger partial charge in [-0.1, -0.05) is 18.2 Å². The van der Waals surface area contributed by atoms with Crippen LogP contribution in [0.15, 0.2) is 36.7 Å². The van der Waals surface area contributed by atoms with Crippen molar-refractivity contribution in [1.29, 1.82) is 0 Å². The number of carbonyl (C=O) groups excluding carboxylic acids is 1. The molecule has 30 heavy (non-hydrogen) atoms. The molecule has 0 saturated carbocycles. The molecule has 1 aliphatic heterocycles. The molecule has 0 aliphatic carbocycles. The van der Waals surface area contributed by atoms with Crippen LogP contribution in [-0.2, 0) is 16.0 Å². The number of aryl methyl sites for hydroxylation is 3. The van der Waals surface area contributed by atoms with Gasteiger partial charge in [-0.25, -0.2) is 0 Å². The van der Waals surface area contributed by atoms with E-state index in [-0.39, 0.29) is 11.9 Å². The Morgan fingerprint density at radius 2 is 1.97 bits per heavy atom. The quantitative estimate of drug-likeness (QED) is 0.659. The van der Waals surface area contributed by atoms with Crippen LogP contribution < -0.4 is 5.32 Å². The van der Waals surface area contributed by atoms with E-state index in [9.17, 15) is 4.79 Å². The smallest absolute Gasteiger partial charge is 0.224 e. The van der Waals surface area contributed by atoms with E-state index in [0.29, 0.717) is 13.0 Å². The lowest BCUT2D eigenvalue weighted by atomic mass is 10.0. The lowest BCUT2D eigenvalue weighted by molar-refractivity contribution is -0.120. The molecule has 1 aliphatic rings. The van der Waals surface area contributed by atoms with Crippen molar-refractivity contribution in [2.45, 2.75) is 33.2 Å². The number of hydrogen-bond acceptors (Lipinski definition) is 4. The molecule has 2 N–H and O–H groups in total. The summed E-state index contributed by atoms with van der Waals surface area (Å²) in [6.07, 6.45) is 4.05. The molecular weight excluding hydrogens is 376 g/mol. The maximum atomic E-state index is 12.9. The summed E-state index contributed by atoms with van der Waals surface area (Å²) in [5.41, 5.74) is 6.81. The summed E-state index contributed by atoms with van der Waals surface area (Å²) < 4.78 is 5.51. The number of aromatic amines is 1. The van der Waals surface area contributed by atoms with Crippen LogP contribution in [-0.4, -0.2) is 53.6 Å². The van der Waals surface area contributed by atoms with Crippen molar-refractivity contribution >= 4 is 16.8 Å². The van der Waals surface area contributed by atoms with E-state index in [1.165, 1.54) is 16.5 Å². The fourth-order valence-electron chi connectivity index (χ4n) is 4.39. The second kappa shape index (κ2) is 8.98. The third kappa shape index (κ3) is 4.25. The van der Waals surface area contributed by atoms with E-state index < -0.39 is 0 Å². The van der Waals surface area contributed by atoms with Gasteiger partial charge in [-0.2, -0.15) is 0 Å². The summed E-state index contributed by atoms with van der Waals surface area (Å²) in [4.78, 5) is 23.1. The Kier molecular flexibility index (Phi) is 6.16. The van der Waals surface area contributed by atoms with Crippen molar-refractivity contribution in [2.24, 2.45) is 0 Å². The van der Waals surface area contributed by atoms with Gasteiger partial charge < -0.3 is 15.0 Å². The third-order valence-electron chi connectivity index (χ3n) is 6.07. The predicted octanol–water partition coefficient (Wildman–Crippen LogP) is 3.22. The standard InChI is InChI=1S/C24H30N4O2/c1-16-6-7-17(2)24-23(16)20(18(3)27-24)13-22(29)26-15-21(19-5-4-8-25-14-19)28-9-11-30-12-10-28/h4-8,14,21,27H,9-13,15H2,1-3H3,(H,26,29)/t21-/m1/s1. The summed E-state index contributed by atoms with van der Waals surface area (Å²) in [6.45, 7) is 9.97. The van der Waals surface area contributed by atoms with Crippen molar-refractivity contribution < 1.29 is 9.53 Å². The first-order valence-corrected chi connectivity index (χ1v) is 10.6. The zero-order valence-corrected chi connectivity index (χ0v) is 18.0. The van der Waals surface area contributed by atoms with Gasteiger partial charge in [0.1, 0.15) is 0 Å². The van der Waals surface area contributed by atoms with Crippen molar-refractivity contribution in [3.8, 4) is 0 Å². The highest BCUT2D eigenvalue weighted by atomic mass is 16.5. The van der Waals surface area contributed by atoms with Gasteiger partial charge in [-0.15, -0.1) is 0 Å². The number of amides is 1. The lowest BCUT2D eigenvalue weighted by Gasteiger charge is -2.34. The van der Waals surface area contributed by atoms with E-state index >= 15 is 0 Å². The second-order valence-electron chi connectivity index (χ2n) is 8.11. The topological polar surface area (TPSA) is 70.2 Å². The molecule has 6 heteroatoms. The van der Waals surface area contributed by atoms with Gasteiger partial charge >= 0.3 is 0 Å². The van der Waals surface area contributed by atoms with Crippen LogP contribution in [0.4, 0.5) is 0 Å². The highest BCUT2D eigenvalue weighted by Crippen LogP contribution is 2.28. The van der Waals surface area contributed by atoms with E-state index in [4.69, 9.17) is 4.74 Å². The Morgan fingerprint density at radius 1 is 1.20 bits per heavy atom. The molecule has 0 bridgehead atoms. The maximum absolute atomic E-state index is 12.9. The number of morpholine rings is 1. The zero-order valence-electron chi connectivity index (χ0n) is 18.0. The zero-order chi connectivity index (χ0) is 21.1. The summed E-state index contributed by atoms with van der Waals surface area (Å²) in [6, 6.07) is 8.38. The molecule has 1 fully saturated rings. The number of benzene rings is 1. The first kappa shape index (κ1) is 20.6. The van der Waals surface area contributed by atoms with Gasteiger partial charge in [0, 0.05) is 48.6 Å². The molecule has 4 rings (SSSR count). The molecule has 158 valence electrons. The molecule has 1 atom stereocenters. The Balaban J connectivity index is 1.50. The Labute approximate surface area is 177 Å². The van der Waals surface area contributed by atoms with Gasteiger partial charge in [-0.05, 0) is 49.1 Å². The van der Waals surface area contributed by atoms with Gasteiger partial charge in [-0.3, -0.25) is 14.7 Å². The minimum absolute atomic E-state index is 0.0436. The van der Waals surface area contributed by atoms with Gasteiger partial charge in [0.15, 0.2) is 0 Å². The van der Waals surface area contributed by atoms with Crippen LogP contribution in [0.1, 0.15) is 34.0 Å². The predicted molar refractivity (Wildman–Crippen MR) is 119 cm³/mol. The fourth-order valence-corrected chi connectivity index (χ4v) is 4.39. The molecule has 0 radical (unpaired) electrons. The number of carbonyl (C=O) groups is 1. The minimum Gasteiger partial charge on any atom is -0.379 e. The van der Waals surface area contributed by atoms with Crippen molar-refractivity contribution in [3.05, 3.63) is 64.6 Å². The summed E-state index contributed by atoms with van der Waals surface area (Å²) >= 11 is 0. The number of nitrogens with zero attached hydrogens (tertiary/aromatic N) is 2. The van der Waals surface area contributed by atoms with Gasteiger partial charge in [0.25, 0.3) is 0 Å². The van der Waals surface area contributed by atoms with Gasteiger partial charge in [0.05, 0.1) is 25.7 Å². The van der Waals surface area contributed by atoms with E-state index in [1.54, 1.807) is 6.20 Å². The molecule has 3 aromatic rings. The number of fused-ring (bicyclic) bond motifs is 1. The van der Waals surface area contributed by atoms with E-state index in [2.05, 4.69) is 52.2 Å². The Hall–Kier alpha value is -2.70. The Morgan fingerprint density at radius 3 is 2.70 bits per heavy atom. The van der Waals surface area contributed by atoms with Crippen LogP contribution in [0.5, 0.6) is 0 Å². The SMILES string of the molecule is Cc1[nH]c2c(C)ccc(C)c2c1CC(=O)NC[C@H](c1cccnc1)N1CCOCC1. The first-order valence-electron chi connectivity index (χ1n) is 10.6. The Bertz CT molecular complexity index is 1020. The molecule has 1 aromatic carbocycles. The summed E-state index contributed by atoms with van der Waals surface area (Å²) in [5, 5.41) is 4.36. The van der Waals surface area contributed by atoms with Crippen LogP contribution in [0.25, 0.3) is 10.9 Å². The molecule has 0 spiro atoms. The summed E-state index contributed by atoms with van der Waals surface area (Å²) in [7, 11) is 0. The first-order chi connectivity index (χ1) is 14.5. The molecule has 3 heterocycles. The molecular formula is C24H30N4O2. The number of aromatic nitrogens is 2. The highest BCUT2D eigenvalue weighted by Gasteiger charge is 2.24. The third-order valence-corrected chi connectivity index (χ3v) is 6.07. The number of ether oxygens (including phenoxy) is 1. The number of pyridine rings is 1. The van der Waals surface area contributed by atoms with E-state index in [0.717, 1.165) is 48.6 Å². The number of hydrogen-bond donors (Lipinski definition) is 2. The molecule has 1 saturated heterocycles. The number of H-pyrrole nitrogens is 1. The average molecular weight is 407 g/mol. The molecule has 0 unspecified atom stereocenters. The lowest BCUT2D eigenvalue weighted by Crippen LogP contribution is -2.44. The molecule has 6 nitrogen and oxygen atoms in total.